The number of piperidine rings is 1. The third-order valence-electron chi connectivity index (χ3n) is 4.94. The van der Waals surface area contributed by atoms with Crippen LogP contribution in [0.4, 0.5) is 4.39 Å². The van der Waals surface area contributed by atoms with E-state index >= 15 is 0 Å². The van der Waals surface area contributed by atoms with Crippen LogP contribution in [-0.2, 0) is 6.54 Å². The number of hydrogen-bond acceptors (Lipinski definition) is 4. The number of carbonyl (C=O) groups excluding carboxylic acids is 1. The van der Waals surface area contributed by atoms with Crippen LogP contribution in [0.1, 0.15) is 28.8 Å². The van der Waals surface area contributed by atoms with Gasteiger partial charge in [-0.1, -0.05) is 12.1 Å². The molecule has 1 atom stereocenters. The van der Waals surface area contributed by atoms with Crippen molar-refractivity contribution in [3.8, 4) is 5.75 Å². The molecule has 1 fully saturated rings. The van der Waals surface area contributed by atoms with E-state index in [1.807, 2.05) is 0 Å². The first-order valence-corrected chi connectivity index (χ1v) is 9.62. The molecule has 1 saturated heterocycles. The summed E-state index contributed by atoms with van der Waals surface area (Å²) in [4.78, 5) is 25.3. The highest BCUT2D eigenvalue weighted by molar-refractivity contribution is 5.95. The van der Waals surface area contributed by atoms with Crippen molar-refractivity contribution in [3.05, 3.63) is 63.8 Å². The van der Waals surface area contributed by atoms with Crippen LogP contribution in [0.15, 0.2) is 41.3 Å². The number of amides is 1. The van der Waals surface area contributed by atoms with Gasteiger partial charge in [0.2, 0.25) is 0 Å². The number of halogens is 2. The molecule has 2 N–H and O–H groups in total. The van der Waals surface area contributed by atoms with E-state index < -0.39 is 11.7 Å². The minimum Gasteiger partial charge on any atom is -0.489 e. The average molecular weight is 424 g/mol. The van der Waals surface area contributed by atoms with E-state index in [9.17, 15) is 14.0 Å². The third-order valence-corrected chi connectivity index (χ3v) is 4.94. The number of benzene rings is 1. The molecule has 2 aromatic rings. The smallest absolute Gasteiger partial charge is 0.263 e. The first-order valence-electron chi connectivity index (χ1n) is 9.62. The lowest BCUT2D eigenvalue weighted by Gasteiger charge is -2.23. The van der Waals surface area contributed by atoms with Gasteiger partial charge in [-0.25, -0.2) is 4.39 Å². The Kier molecular flexibility index (Phi) is 8.67. The molecule has 6 nitrogen and oxygen atoms in total. The van der Waals surface area contributed by atoms with Crippen molar-refractivity contribution in [1.82, 2.24) is 15.2 Å². The molecule has 29 heavy (non-hydrogen) atoms. The minimum absolute atomic E-state index is 0. The maximum Gasteiger partial charge on any atom is 0.263 e. The van der Waals surface area contributed by atoms with Crippen LogP contribution in [0.2, 0.25) is 0 Å². The summed E-state index contributed by atoms with van der Waals surface area (Å²) in [5, 5.41) is 6.03. The van der Waals surface area contributed by atoms with Crippen molar-refractivity contribution in [2.75, 3.05) is 26.2 Å². The largest absolute Gasteiger partial charge is 0.489 e. The van der Waals surface area contributed by atoms with Crippen LogP contribution in [0.25, 0.3) is 0 Å². The number of rotatable bonds is 7. The summed E-state index contributed by atoms with van der Waals surface area (Å²) in [6.45, 7) is 4.53. The molecule has 0 radical (unpaired) electrons. The summed E-state index contributed by atoms with van der Waals surface area (Å²) in [7, 11) is 0. The van der Waals surface area contributed by atoms with Gasteiger partial charge >= 0.3 is 0 Å². The maximum absolute atomic E-state index is 13.5. The number of para-hydroxylation sites is 1. The van der Waals surface area contributed by atoms with Gasteiger partial charge in [0.05, 0.1) is 6.54 Å². The second kappa shape index (κ2) is 11.0. The van der Waals surface area contributed by atoms with Gasteiger partial charge in [0, 0.05) is 12.7 Å². The monoisotopic (exact) mass is 423 g/mol. The fourth-order valence-electron chi connectivity index (χ4n) is 3.42. The Balaban J connectivity index is 0.00000300. The van der Waals surface area contributed by atoms with Gasteiger partial charge in [-0.2, -0.15) is 0 Å². The predicted octanol–water partition coefficient (Wildman–Crippen LogP) is 2.53. The van der Waals surface area contributed by atoms with Gasteiger partial charge in [-0.3, -0.25) is 9.59 Å². The zero-order valence-corrected chi connectivity index (χ0v) is 17.3. The molecule has 1 amide bonds. The van der Waals surface area contributed by atoms with Gasteiger partial charge in [0.1, 0.15) is 12.2 Å². The van der Waals surface area contributed by atoms with Gasteiger partial charge in [-0.15, -0.1) is 12.4 Å². The molecule has 0 aliphatic carbocycles. The standard InChI is InChI=1S/C21H26FN3O3.ClH/c1-15-8-11-25(14-16-5-4-9-23-13-16)21(27)19(15)20(26)24-10-12-28-18-7-3-2-6-17(18)22;/h2-3,6-8,11,16,23H,4-5,9-10,12-14H2,1H3,(H,24,26);1H. The van der Waals surface area contributed by atoms with Crippen molar-refractivity contribution < 1.29 is 13.9 Å². The molecule has 1 aliphatic rings. The van der Waals surface area contributed by atoms with Crippen molar-refractivity contribution in [3.63, 3.8) is 0 Å². The van der Waals surface area contributed by atoms with Crippen molar-refractivity contribution in [2.45, 2.75) is 26.3 Å². The number of hydrogen-bond donors (Lipinski definition) is 2. The van der Waals surface area contributed by atoms with E-state index in [1.165, 1.54) is 12.1 Å². The van der Waals surface area contributed by atoms with Gasteiger partial charge in [0.25, 0.3) is 11.5 Å². The average Bonchev–Trinajstić information content (AvgIpc) is 2.70. The van der Waals surface area contributed by atoms with Crippen LogP contribution in [0.5, 0.6) is 5.75 Å². The predicted molar refractivity (Wildman–Crippen MR) is 113 cm³/mol. The second-order valence-electron chi connectivity index (χ2n) is 7.08. The molecule has 0 saturated carbocycles. The van der Waals surface area contributed by atoms with Gasteiger partial charge in [0.15, 0.2) is 11.6 Å². The number of nitrogens with zero attached hydrogens (tertiary/aromatic N) is 1. The number of ether oxygens (including phenoxy) is 1. The molecule has 3 rings (SSSR count). The highest BCUT2D eigenvalue weighted by Crippen LogP contribution is 2.15. The molecule has 1 aromatic carbocycles. The third kappa shape index (κ3) is 6.05. The lowest BCUT2D eigenvalue weighted by molar-refractivity contribution is 0.0943. The number of carbonyl (C=O) groups is 1. The first kappa shape index (κ1) is 22.9. The molecule has 1 unspecified atom stereocenters. The Morgan fingerprint density at radius 2 is 2.14 bits per heavy atom. The lowest BCUT2D eigenvalue weighted by Crippen LogP contribution is -2.38. The molecular formula is C21H27ClFN3O3. The Hall–Kier alpha value is -2.38. The van der Waals surface area contributed by atoms with Crippen LogP contribution in [0.3, 0.4) is 0 Å². The number of aromatic nitrogens is 1. The summed E-state index contributed by atoms with van der Waals surface area (Å²) in [5.41, 5.74) is 0.505. The summed E-state index contributed by atoms with van der Waals surface area (Å²) in [5.74, 6) is -0.362. The molecular weight excluding hydrogens is 397 g/mol. The Morgan fingerprint density at radius 1 is 1.34 bits per heavy atom. The molecule has 2 heterocycles. The number of aryl methyl sites for hydroxylation is 1. The Morgan fingerprint density at radius 3 is 2.86 bits per heavy atom. The van der Waals surface area contributed by atoms with Gasteiger partial charge < -0.3 is 19.9 Å². The van der Waals surface area contributed by atoms with E-state index in [4.69, 9.17) is 4.74 Å². The molecule has 1 aromatic heterocycles. The fourth-order valence-corrected chi connectivity index (χ4v) is 3.42. The van der Waals surface area contributed by atoms with Crippen LogP contribution in [-0.4, -0.2) is 36.7 Å². The quantitative estimate of drug-likeness (QED) is 0.671. The zero-order chi connectivity index (χ0) is 19.9. The highest BCUT2D eigenvalue weighted by atomic mass is 35.5. The van der Waals surface area contributed by atoms with E-state index in [1.54, 1.807) is 35.9 Å². The summed E-state index contributed by atoms with van der Waals surface area (Å²) >= 11 is 0. The molecule has 1 aliphatic heterocycles. The topological polar surface area (TPSA) is 72.4 Å². The van der Waals surface area contributed by atoms with Crippen LogP contribution >= 0.6 is 12.4 Å². The second-order valence-corrected chi connectivity index (χ2v) is 7.08. The first-order chi connectivity index (χ1) is 13.6. The summed E-state index contributed by atoms with van der Waals surface area (Å²) in [6, 6.07) is 7.89. The van der Waals surface area contributed by atoms with Crippen molar-refractivity contribution >= 4 is 18.3 Å². The Labute approximate surface area is 175 Å². The number of pyridine rings is 1. The SMILES string of the molecule is Cc1ccn(CC2CCCNC2)c(=O)c1C(=O)NCCOc1ccccc1F.Cl. The van der Waals surface area contributed by atoms with E-state index in [0.717, 1.165) is 25.9 Å². The molecule has 0 bridgehead atoms. The van der Waals surface area contributed by atoms with Crippen molar-refractivity contribution in [1.29, 1.82) is 0 Å². The van der Waals surface area contributed by atoms with E-state index in [0.29, 0.717) is 18.0 Å². The van der Waals surface area contributed by atoms with Crippen LogP contribution < -0.4 is 20.9 Å². The lowest BCUT2D eigenvalue weighted by atomic mass is 9.99. The fraction of sp³-hybridized carbons (Fsp3) is 0.429. The maximum atomic E-state index is 13.5. The minimum atomic E-state index is -0.451. The molecule has 8 heteroatoms. The Bertz CT molecular complexity index is 882. The van der Waals surface area contributed by atoms with E-state index in [-0.39, 0.29) is 42.4 Å². The van der Waals surface area contributed by atoms with E-state index in [2.05, 4.69) is 10.6 Å². The molecule has 158 valence electrons. The zero-order valence-electron chi connectivity index (χ0n) is 16.4. The van der Waals surface area contributed by atoms with Gasteiger partial charge in [-0.05, 0) is 62.5 Å². The highest BCUT2D eigenvalue weighted by Gasteiger charge is 2.19. The normalized spacial score (nSPS) is 16.0. The van der Waals surface area contributed by atoms with Crippen molar-refractivity contribution in [2.24, 2.45) is 5.92 Å². The summed E-state index contributed by atoms with van der Waals surface area (Å²) < 4.78 is 20.5. The summed E-state index contributed by atoms with van der Waals surface area (Å²) in [6.07, 6.45) is 3.92. The van der Waals surface area contributed by atoms with Crippen LogP contribution in [0, 0.1) is 18.7 Å². The molecule has 0 spiro atoms. The number of nitrogens with one attached hydrogen (secondary N) is 2.